The fourth-order valence-electron chi connectivity index (χ4n) is 3.72. The predicted molar refractivity (Wildman–Crippen MR) is 118 cm³/mol. The van der Waals surface area contributed by atoms with Gasteiger partial charge in [0.15, 0.2) is 0 Å². The van der Waals surface area contributed by atoms with E-state index in [1.165, 1.54) is 34.1 Å². The van der Waals surface area contributed by atoms with E-state index in [1.54, 1.807) is 0 Å². The molecule has 0 saturated heterocycles. The Morgan fingerprint density at radius 3 is 0.733 bits per heavy atom. The van der Waals surface area contributed by atoms with Crippen LogP contribution in [0.3, 0.4) is 0 Å². The summed E-state index contributed by atoms with van der Waals surface area (Å²) in [6.45, 7) is 0. The Balaban J connectivity index is 0.00000160. The van der Waals surface area contributed by atoms with E-state index in [2.05, 4.69) is 121 Å². The SMILES string of the molecule is [Na+].[Na+].c1ccc([C-](CC[C-](c2ccccc2)c2ccccc2)c2ccccc2)cc1. The van der Waals surface area contributed by atoms with E-state index in [0.29, 0.717) is 0 Å². The van der Waals surface area contributed by atoms with Crippen molar-refractivity contribution < 1.29 is 59.1 Å². The third-order valence-corrected chi connectivity index (χ3v) is 5.11. The monoisotopic (exact) mass is 406 g/mol. The van der Waals surface area contributed by atoms with Crippen LogP contribution in [0, 0.1) is 11.8 Å². The molecule has 4 rings (SSSR count). The van der Waals surface area contributed by atoms with Gasteiger partial charge in [0.05, 0.1) is 0 Å². The van der Waals surface area contributed by atoms with Crippen LogP contribution in [0.5, 0.6) is 0 Å². The second kappa shape index (κ2) is 13.1. The molecular formula is C28H24Na2. The van der Waals surface area contributed by atoms with Crippen LogP contribution in [-0.4, -0.2) is 0 Å². The van der Waals surface area contributed by atoms with Crippen LogP contribution >= 0.6 is 0 Å². The zero-order valence-electron chi connectivity index (χ0n) is 18.0. The Labute approximate surface area is 225 Å². The molecule has 0 N–H and O–H groups in total. The normalized spacial score (nSPS) is 9.73. The van der Waals surface area contributed by atoms with Gasteiger partial charge in [-0.15, -0.1) is 82.6 Å². The van der Waals surface area contributed by atoms with E-state index >= 15 is 0 Å². The van der Waals surface area contributed by atoms with Crippen molar-refractivity contribution in [2.24, 2.45) is 0 Å². The molecule has 2 heteroatoms. The number of benzene rings is 4. The van der Waals surface area contributed by atoms with Crippen LogP contribution in [0.15, 0.2) is 121 Å². The molecule has 138 valence electrons. The van der Waals surface area contributed by atoms with Crippen LogP contribution < -0.4 is 59.1 Å². The van der Waals surface area contributed by atoms with E-state index < -0.39 is 0 Å². The van der Waals surface area contributed by atoms with Crippen molar-refractivity contribution >= 4 is 0 Å². The maximum atomic E-state index is 2.22. The molecule has 0 aliphatic heterocycles. The van der Waals surface area contributed by atoms with Gasteiger partial charge >= 0.3 is 59.1 Å². The first kappa shape index (κ1) is 24.9. The molecule has 0 spiro atoms. The van der Waals surface area contributed by atoms with Gasteiger partial charge < -0.3 is 0 Å². The third kappa shape index (κ3) is 6.56. The van der Waals surface area contributed by atoms with Crippen molar-refractivity contribution in [1.82, 2.24) is 0 Å². The summed E-state index contributed by atoms with van der Waals surface area (Å²) >= 11 is 0. The first-order valence-electron chi connectivity index (χ1n) is 9.85. The summed E-state index contributed by atoms with van der Waals surface area (Å²) in [5, 5.41) is 0. The van der Waals surface area contributed by atoms with Gasteiger partial charge in [0, 0.05) is 0 Å². The van der Waals surface area contributed by atoms with E-state index in [0.717, 1.165) is 12.8 Å². The summed E-state index contributed by atoms with van der Waals surface area (Å²) in [6.07, 6.45) is 1.99. The molecule has 0 fully saturated rings. The van der Waals surface area contributed by atoms with Crippen molar-refractivity contribution in [2.45, 2.75) is 12.8 Å². The molecule has 30 heavy (non-hydrogen) atoms. The number of hydrogen-bond donors (Lipinski definition) is 0. The fourth-order valence-corrected chi connectivity index (χ4v) is 3.72. The van der Waals surface area contributed by atoms with Gasteiger partial charge in [-0.25, -0.2) is 0 Å². The average Bonchev–Trinajstić information content (AvgIpc) is 2.79. The van der Waals surface area contributed by atoms with E-state index in [1.807, 2.05) is 0 Å². The molecule has 0 nitrogen and oxygen atoms in total. The maximum absolute atomic E-state index is 2.22. The van der Waals surface area contributed by atoms with Gasteiger partial charge in [-0.2, -0.15) is 0 Å². The standard InChI is InChI=1S/C28H24.2Na/c1-5-13-23(14-6-1)27(24-15-7-2-8-16-24)21-22-28(25-17-9-3-10-18-25)26-19-11-4-12-20-26;;/h1-20H,21-22H2;;/q-2;2*+1. The molecule has 0 aromatic heterocycles. The number of hydrogen-bond acceptors (Lipinski definition) is 0. The average molecular weight is 406 g/mol. The van der Waals surface area contributed by atoms with Crippen molar-refractivity contribution in [2.75, 3.05) is 0 Å². The zero-order chi connectivity index (χ0) is 19.0. The zero-order valence-corrected chi connectivity index (χ0v) is 22.0. The molecule has 0 saturated carbocycles. The van der Waals surface area contributed by atoms with Crippen LogP contribution in [0.25, 0.3) is 0 Å². The van der Waals surface area contributed by atoms with Crippen molar-refractivity contribution in [3.05, 3.63) is 155 Å². The molecule has 4 aromatic rings. The Morgan fingerprint density at radius 1 is 0.333 bits per heavy atom. The smallest absolute Gasteiger partial charge is 0.120 e. The molecule has 0 heterocycles. The minimum Gasteiger partial charge on any atom is -0.120 e. The van der Waals surface area contributed by atoms with Gasteiger partial charge in [0.2, 0.25) is 0 Å². The van der Waals surface area contributed by atoms with Crippen LogP contribution in [0.4, 0.5) is 0 Å². The van der Waals surface area contributed by atoms with E-state index in [-0.39, 0.29) is 59.1 Å². The second-order valence-electron chi connectivity index (χ2n) is 6.92. The molecule has 0 amide bonds. The van der Waals surface area contributed by atoms with Gasteiger partial charge in [0.25, 0.3) is 0 Å². The van der Waals surface area contributed by atoms with Gasteiger partial charge in [-0.1, -0.05) is 85.6 Å². The molecule has 0 aliphatic rings. The third-order valence-electron chi connectivity index (χ3n) is 5.11. The fraction of sp³-hybridized carbons (Fsp3) is 0.0714. The number of rotatable bonds is 7. The summed E-state index contributed by atoms with van der Waals surface area (Å²) in [4.78, 5) is 0. The largest absolute Gasteiger partial charge is 1.00 e. The van der Waals surface area contributed by atoms with E-state index in [4.69, 9.17) is 0 Å². The van der Waals surface area contributed by atoms with Crippen LogP contribution in [0.1, 0.15) is 35.1 Å². The summed E-state index contributed by atoms with van der Waals surface area (Å²) in [6, 6.07) is 43.0. The molecule has 0 radical (unpaired) electrons. The summed E-state index contributed by atoms with van der Waals surface area (Å²) in [7, 11) is 0. The Morgan fingerprint density at radius 2 is 0.533 bits per heavy atom. The Kier molecular flexibility index (Phi) is 10.9. The van der Waals surface area contributed by atoms with Crippen molar-refractivity contribution in [1.29, 1.82) is 0 Å². The first-order valence-corrected chi connectivity index (χ1v) is 9.85. The minimum absolute atomic E-state index is 0. The van der Waals surface area contributed by atoms with Crippen molar-refractivity contribution in [3.63, 3.8) is 0 Å². The summed E-state index contributed by atoms with van der Waals surface area (Å²) < 4.78 is 0. The summed E-state index contributed by atoms with van der Waals surface area (Å²) in [5.41, 5.74) is 5.20. The Hall–Kier alpha value is -1.38. The molecule has 0 bridgehead atoms. The van der Waals surface area contributed by atoms with Gasteiger partial charge in [-0.3, -0.25) is 0 Å². The predicted octanol–water partition coefficient (Wildman–Crippen LogP) is 1.12. The maximum Gasteiger partial charge on any atom is 1.00 e. The molecule has 0 aliphatic carbocycles. The molecule has 0 unspecified atom stereocenters. The van der Waals surface area contributed by atoms with Crippen LogP contribution in [0.2, 0.25) is 0 Å². The molecule has 4 aromatic carbocycles. The van der Waals surface area contributed by atoms with Crippen molar-refractivity contribution in [3.8, 4) is 0 Å². The topological polar surface area (TPSA) is 0 Å². The van der Waals surface area contributed by atoms with Gasteiger partial charge in [-0.05, 0) is 0 Å². The van der Waals surface area contributed by atoms with Crippen LogP contribution in [-0.2, 0) is 0 Å². The summed E-state index contributed by atoms with van der Waals surface area (Å²) in [5.74, 6) is 2.79. The first-order chi connectivity index (χ1) is 13.9. The Bertz CT molecular complexity index is 792. The second-order valence-corrected chi connectivity index (χ2v) is 6.92. The molecular weight excluding hydrogens is 382 g/mol. The van der Waals surface area contributed by atoms with E-state index in [9.17, 15) is 0 Å². The quantitative estimate of drug-likeness (QED) is 0.319. The molecule has 0 atom stereocenters. The van der Waals surface area contributed by atoms with Gasteiger partial charge in [0.1, 0.15) is 0 Å². The minimum atomic E-state index is 0.